The van der Waals surface area contributed by atoms with Gasteiger partial charge in [-0.3, -0.25) is 0 Å². The molecule has 0 N–H and O–H groups in total. The van der Waals surface area contributed by atoms with Crippen molar-refractivity contribution in [3.63, 3.8) is 0 Å². The average Bonchev–Trinajstić information content (AvgIpc) is 3.48. The Hall–Kier alpha value is -3.08. The van der Waals surface area contributed by atoms with Crippen LogP contribution in [0.3, 0.4) is 0 Å². The lowest BCUT2D eigenvalue weighted by Crippen LogP contribution is -2.59. The molecule has 2 aromatic heterocycles. The van der Waals surface area contributed by atoms with Crippen LogP contribution >= 0.6 is 35.0 Å². The second-order valence-corrected chi connectivity index (χ2v) is 11.3. The van der Waals surface area contributed by atoms with Gasteiger partial charge in [0.15, 0.2) is 12.0 Å². The molecule has 0 bridgehead atoms. The Morgan fingerprint density at radius 3 is 2.73 bits per heavy atom. The molecule has 6 atom stereocenters. The van der Waals surface area contributed by atoms with Crippen LogP contribution in [-0.4, -0.2) is 57.4 Å². The number of fused-ring (bicyclic) bond motifs is 1. The summed E-state index contributed by atoms with van der Waals surface area (Å²) >= 11 is 13.3. The molecule has 0 saturated carbocycles. The summed E-state index contributed by atoms with van der Waals surface area (Å²) in [5.74, 6) is -0.557. The molecular weight excluding hydrogens is 592 g/mol. The van der Waals surface area contributed by atoms with Crippen molar-refractivity contribution in [2.24, 2.45) is 0 Å². The molecule has 2 aromatic carbocycles. The van der Waals surface area contributed by atoms with Gasteiger partial charge in [0.1, 0.15) is 47.4 Å². The number of hydrogen-bond acceptors (Lipinski definition) is 9. The fourth-order valence-corrected chi connectivity index (χ4v) is 6.52. The van der Waals surface area contributed by atoms with Gasteiger partial charge in [-0.1, -0.05) is 76.6 Å². The number of halogens is 3. The molecular formula is C28H22Cl2FN5O4S. The number of benzene rings is 2. The molecule has 0 radical (unpaired) electrons. The number of nitrogens with zero attached hydrogens (tertiary/aromatic N) is 5. The smallest absolute Gasteiger partial charge is 0.184 e. The third-order valence-electron chi connectivity index (χ3n) is 6.85. The van der Waals surface area contributed by atoms with Gasteiger partial charge in [0.2, 0.25) is 0 Å². The number of hydrogen-bond donors (Lipinski definition) is 0. The van der Waals surface area contributed by atoms with Crippen LogP contribution in [0.4, 0.5) is 4.39 Å². The fraction of sp³-hybridized carbons (Fsp3) is 0.286. The number of pyridine rings is 1. The van der Waals surface area contributed by atoms with Crippen molar-refractivity contribution < 1.29 is 23.3 Å². The Bertz CT molecular complexity index is 1590. The van der Waals surface area contributed by atoms with Crippen LogP contribution in [0.15, 0.2) is 71.9 Å². The van der Waals surface area contributed by atoms with Crippen LogP contribution in [0, 0.1) is 17.1 Å². The molecule has 0 aliphatic carbocycles. The highest BCUT2D eigenvalue weighted by molar-refractivity contribution is 7.99. The lowest BCUT2D eigenvalue weighted by molar-refractivity contribution is -0.308. The second kappa shape index (κ2) is 12.0. The van der Waals surface area contributed by atoms with Crippen LogP contribution in [0.5, 0.6) is 0 Å². The van der Waals surface area contributed by atoms with Gasteiger partial charge in [-0.2, -0.15) is 5.26 Å². The maximum atomic E-state index is 14.2. The van der Waals surface area contributed by atoms with Gasteiger partial charge in [0.05, 0.1) is 22.8 Å². The monoisotopic (exact) mass is 613 g/mol. The predicted molar refractivity (Wildman–Crippen MR) is 149 cm³/mol. The summed E-state index contributed by atoms with van der Waals surface area (Å²) in [7, 11) is 1.57. The van der Waals surface area contributed by atoms with E-state index in [1.54, 1.807) is 30.1 Å². The van der Waals surface area contributed by atoms with Crippen LogP contribution in [-0.2, 0) is 18.9 Å². The Labute approximate surface area is 249 Å². The highest BCUT2D eigenvalue weighted by Gasteiger charge is 2.52. The molecule has 0 amide bonds. The van der Waals surface area contributed by atoms with E-state index in [1.807, 2.05) is 30.3 Å². The molecule has 41 heavy (non-hydrogen) atoms. The molecule has 2 saturated heterocycles. The first-order valence-corrected chi connectivity index (χ1v) is 14.2. The first kappa shape index (κ1) is 28.1. The quantitative estimate of drug-likeness (QED) is 0.265. The SMILES string of the molecule is COC1C(n2cc(-c3ccc(Cl)c(F)c3)nn2)[C@H]2OC(c3ccccc3)OCC2O[C@@H]1Sc1cc(Cl)cnc1C#N. The largest absolute Gasteiger partial charge is 0.375 e. The van der Waals surface area contributed by atoms with Crippen molar-refractivity contribution in [2.75, 3.05) is 13.7 Å². The number of rotatable bonds is 6. The van der Waals surface area contributed by atoms with Crippen molar-refractivity contribution >= 4 is 35.0 Å². The number of methoxy groups -OCH3 is 1. The summed E-state index contributed by atoms with van der Waals surface area (Å²) in [6.07, 6.45) is 0.796. The van der Waals surface area contributed by atoms with Crippen molar-refractivity contribution in [3.8, 4) is 17.3 Å². The maximum Gasteiger partial charge on any atom is 0.184 e. The summed E-state index contributed by atoms with van der Waals surface area (Å²) < 4.78 is 40.9. The molecule has 4 heterocycles. The zero-order chi connectivity index (χ0) is 28.5. The maximum absolute atomic E-state index is 14.2. The minimum absolute atomic E-state index is 0.0162. The summed E-state index contributed by atoms with van der Waals surface area (Å²) in [5.41, 5.74) is 1.40. The number of aromatic nitrogens is 4. The van der Waals surface area contributed by atoms with Crippen molar-refractivity contribution in [2.45, 2.75) is 41.0 Å². The van der Waals surface area contributed by atoms with Crippen molar-refractivity contribution in [1.29, 1.82) is 5.26 Å². The highest BCUT2D eigenvalue weighted by Crippen LogP contribution is 2.45. The molecule has 0 spiro atoms. The van der Waals surface area contributed by atoms with Gasteiger partial charge in [-0.15, -0.1) is 5.10 Å². The van der Waals surface area contributed by atoms with Gasteiger partial charge in [-0.25, -0.2) is 14.1 Å². The number of ether oxygens (including phenoxy) is 4. The average molecular weight is 614 g/mol. The Morgan fingerprint density at radius 2 is 1.98 bits per heavy atom. The van der Waals surface area contributed by atoms with E-state index in [2.05, 4.69) is 21.4 Å². The zero-order valence-corrected chi connectivity index (χ0v) is 23.8. The minimum atomic E-state index is -0.638. The van der Waals surface area contributed by atoms with Gasteiger partial charge in [0, 0.05) is 29.3 Å². The van der Waals surface area contributed by atoms with E-state index in [9.17, 15) is 9.65 Å². The standard InChI is InChI=1S/C28H22Cl2FN5O4S/c1-37-26-24(36-13-21(34-35-36)16-7-8-18(30)19(31)9-16)25-22(14-38-27(40-25)15-5-3-2-4-6-15)39-28(26)41-23-10-17(29)12-33-20(23)11-32/h2-10,12-13,22,24-28H,14H2,1H3/t22?,24?,25-,26?,27?,28+/m0/s1. The van der Waals surface area contributed by atoms with E-state index in [0.717, 1.165) is 5.56 Å². The lowest BCUT2D eigenvalue weighted by atomic mass is 9.95. The summed E-state index contributed by atoms with van der Waals surface area (Å²) in [5, 5.41) is 18.7. The van der Waals surface area contributed by atoms with Crippen molar-refractivity contribution in [3.05, 3.63) is 94.1 Å². The number of thioether (sulfide) groups is 1. The molecule has 4 aromatic rings. The van der Waals surface area contributed by atoms with Crippen LogP contribution < -0.4 is 0 Å². The first-order chi connectivity index (χ1) is 19.9. The summed E-state index contributed by atoms with van der Waals surface area (Å²) in [6.45, 7) is 0.233. The topological polar surface area (TPSA) is 104 Å². The fourth-order valence-electron chi connectivity index (χ4n) is 4.92. The first-order valence-electron chi connectivity index (χ1n) is 12.5. The Balaban J connectivity index is 1.38. The molecule has 9 nitrogen and oxygen atoms in total. The van der Waals surface area contributed by atoms with E-state index in [4.69, 9.17) is 42.1 Å². The van der Waals surface area contributed by atoms with E-state index in [-0.39, 0.29) is 17.3 Å². The van der Waals surface area contributed by atoms with E-state index in [1.165, 1.54) is 30.1 Å². The molecule has 210 valence electrons. The lowest BCUT2D eigenvalue weighted by Gasteiger charge is -2.48. The Kier molecular flexibility index (Phi) is 8.23. The molecule has 4 unspecified atom stereocenters. The van der Waals surface area contributed by atoms with Gasteiger partial charge >= 0.3 is 0 Å². The van der Waals surface area contributed by atoms with Crippen molar-refractivity contribution in [1.82, 2.24) is 20.0 Å². The third kappa shape index (κ3) is 5.69. The van der Waals surface area contributed by atoms with Gasteiger partial charge in [-0.05, 0) is 18.2 Å². The van der Waals surface area contributed by atoms with Gasteiger partial charge in [0.25, 0.3) is 0 Å². The van der Waals surface area contributed by atoms with Gasteiger partial charge < -0.3 is 18.9 Å². The zero-order valence-electron chi connectivity index (χ0n) is 21.4. The third-order valence-corrected chi connectivity index (χ3v) is 8.54. The highest BCUT2D eigenvalue weighted by atomic mass is 35.5. The summed E-state index contributed by atoms with van der Waals surface area (Å²) in [6, 6.07) is 17.3. The van der Waals surface area contributed by atoms with Crippen LogP contribution in [0.1, 0.15) is 23.6 Å². The second-order valence-electron chi connectivity index (χ2n) is 9.35. The molecule has 13 heteroatoms. The van der Waals surface area contributed by atoms with E-state index >= 15 is 0 Å². The normalized spacial score (nSPS) is 25.8. The van der Waals surface area contributed by atoms with E-state index in [0.29, 0.717) is 21.2 Å². The molecule has 6 rings (SSSR count). The molecule has 2 aliphatic rings. The summed E-state index contributed by atoms with van der Waals surface area (Å²) in [4.78, 5) is 4.68. The molecule has 2 fully saturated rings. The van der Waals surface area contributed by atoms with Crippen LogP contribution in [0.25, 0.3) is 11.3 Å². The van der Waals surface area contributed by atoms with Crippen LogP contribution in [0.2, 0.25) is 10.0 Å². The Morgan fingerprint density at radius 1 is 1.15 bits per heavy atom. The van der Waals surface area contributed by atoms with E-state index < -0.39 is 41.9 Å². The molecule has 2 aliphatic heterocycles. The predicted octanol–water partition coefficient (Wildman–Crippen LogP) is 5.85. The number of nitriles is 1. The minimum Gasteiger partial charge on any atom is -0.375 e.